The first-order chi connectivity index (χ1) is 14.2. The number of aromatic nitrogens is 3. The highest BCUT2D eigenvalue weighted by molar-refractivity contribution is 9.10. The van der Waals surface area contributed by atoms with Gasteiger partial charge in [0.1, 0.15) is 5.69 Å². The van der Waals surface area contributed by atoms with E-state index < -0.39 is 0 Å². The molecule has 2 heterocycles. The van der Waals surface area contributed by atoms with Crippen molar-refractivity contribution in [2.75, 3.05) is 0 Å². The molecule has 0 amide bonds. The first-order valence-electron chi connectivity index (χ1n) is 9.31. The lowest BCUT2D eigenvalue weighted by molar-refractivity contribution is 0.952. The zero-order valence-corrected chi connectivity index (χ0v) is 17.3. The Kier molecular flexibility index (Phi) is 4.45. The Hall–Kier alpha value is -3.31. The average molecular weight is 441 g/mol. The molecule has 5 rings (SSSR count). The SMILES string of the molecule is Cn1c(-c2ccc3cccc(N=Cc4ccccc4Br)c3n2)nc2ccccc21. The Morgan fingerprint density at radius 3 is 2.55 bits per heavy atom. The molecule has 29 heavy (non-hydrogen) atoms. The molecule has 0 radical (unpaired) electrons. The number of rotatable bonds is 3. The van der Waals surface area contributed by atoms with Gasteiger partial charge in [0, 0.05) is 28.7 Å². The van der Waals surface area contributed by atoms with Crippen LogP contribution in [-0.4, -0.2) is 20.7 Å². The molecule has 5 heteroatoms. The molecule has 0 saturated carbocycles. The highest BCUT2D eigenvalue weighted by Gasteiger charge is 2.12. The molecule has 0 bridgehead atoms. The molecule has 3 aromatic carbocycles. The third-order valence-electron chi connectivity index (χ3n) is 4.96. The summed E-state index contributed by atoms with van der Waals surface area (Å²) in [6.45, 7) is 0. The van der Waals surface area contributed by atoms with E-state index in [1.165, 1.54) is 0 Å². The number of fused-ring (bicyclic) bond motifs is 2. The van der Waals surface area contributed by atoms with Crippen LogP contribution in [0, 0.1) is 0 Å². The lowest BCUT2D eigenvalue weighted by Gasteiger charge is -2.06. The zero-order chi connectivity index (χ0) is 19.8. The number of halogens is 1. The Balaban J connectivity index is 1.64. The highest BCUT2D eigenvalue weighted by atomic mass is 79.9. The first kappa shape index (κ1) is 17.8. The van der Waals surface area contributed by atoms with Gasteiger partial charge in [0.05, 0.1) is 22.2 Å². The minimum Gasteiger partial charge on any atom is -0.326 e. The second-order valence-electron chi connectivity index (χ2n) is 6.81. The van der Waals surface area contributed by atoms with Crippen LogP contribution in [0.2, 0.25) is 0 Å². The predicted octanol–water partition coefficient (Wildman–Crippen LogP) is 6.30. The van der Waals surface area contributed by atoms with Crippen molar-refractivity contribution in [1.29, 1.82) is 0 Å². The molecule has 0 aliphatic carbocycles. The highest BCUT2D eigenvalue weighted by Crippen LogP contribution is 2.29. The van der Waals surface area contributed by atoms with Crippen LogP contribution < -0.4 is 0 Å². The minimum absolute atomic E-state index is 0.832. The lowest BCUT2D eigenvalue weighted by atomic mass is 10.1. The molecule has 0 unspecified atom stereocenters. The van der Waals surface area contributed by atoms with Crippen molar-refractivity contribution in [2.24, 2.45) is 12.0 Å². The molecule has 0 fully saturated rings. The average Bonchev–Trinajstić information content (AvgIpc) is 3.09. The van der Waals surface area contributed by atoms with E-state index in [0.29, 0.717) is 0 Å². The van der Waals surface area contributed by atoms with Crippen molar-refractivity contribution in [1.82, 2.24) is 14.5 Å². The summed E-state index contributed by atoms with van der Waals surface area (Å²) in [6.07, 6.45) is 1.86. The normalized spacial score (nSPS) is 11.7. The summed E-state index contributed by atoms with van der Waals surface area (Å²) in [7, 11) is 2.02. The molecule has 0 saturated heterocycles. The van der Waals surface area contributed by atoms with Gasteiger partial charge in [-0.2, -0.15) is 0 Å². The van der Waals surface area contributed by atoms with Crippen LogP contribution in [0.15, 0.2) is 88.3 Å². The molecule has 0 spiro atoms. The summed E-state index contributed by atoms with van der Waals surface area (Å²) < 4.78 is 3.09. The van der Waals surface area contributed by atoms with E-state index in [4.69, 9.17) is 15.0 Å². The number of benzene rings is 3. The van der Waals surface area contributed by atoms with Gasteiger partial charge in [-0.1, -0.05) is 64.5 Å². The second kappa shape index (κ2) is 7.26. The molecule has 140 valence electrons. The lowest BCUT2D eigenvalue weighted by Crippen LogP contribution is -1.95. The van der Waals surface area contributed by atoms with Crippen molar-refractivity contribution >= 4 is 49.8 Å². The summed E-state index contributed by atoms with van der Waals surface area (Å²) in [4.78, 5) is 14.4. The van der Waals surface area contributed by atoms with Gasteiger partial charge < -0.3 is 4.57 Å². The second-order valence-corrected chi connectivity index (χ2v) is 7.66. The molecule has 0 N–H and O–H groups in total. The van der Waals surface area contributed by atoms with E-state index in [-0.39, 0.29) is 0 Å². The fourth-order valence-electron chi connectivity index (χ4n) is 3.45. The molecule has 5 aromatic rings. The molecule has 0 aliphatic heterocycles. The maximum Gasteiger partial charge on any atom is 0.159 e. The number of pyridine rings is 1. The van der Waals surface area contributed by atoms with E-state index in [0.717, 1.165) is 49.2 Å². The quantitative estimate of drug-likeness (QED) is 0.308. The number of aliphatic imine (C=N–C) groups is 1. The zero-order valence-electron chi connectivity index (χ0n) is 15.7. The van der Waals surface area contributed by atoms with Crippen LogP contribution in [-0.2, 0) is 7.05 Å². The fourth-order valence-corrected chi connectivity index (χ4v) is 3.84. The van der Waals surface area contributed by atoms with E-state index in [1.54, 1.807) is 0 Å². The third kappa shape index (κ3) is 3.23. The van der Waals surface area contributed by atoms with Crippen LogP contribution in [0.25, 0.3) is 33.5 Å². The summed E-state index contributed by atoms with van der Waals surface area (Å²) in [5.41, 5.74) is 5.60. The largest absolute Gasteiger partial charge is 0.326 e. The Bertz CT molecular complexity index is 1380. The van der Waals surface area contributed by atoms with Gasteiger partial charge in [-0.15, -0.1) is 0 Å². The number of nitrogens with zero attached hydrogens (tertiary/aromatic N) is 4. The summed E-state index contributed by atoms with van der Waals surface area (Å²) >= 11 is 3.57. The Morgan fingerprint density at radius 1 is 0.862 bits per heavy atom. The topological polar surface area (TPSA) is 43.1 Å². The van der Waals surface area contributed by atoms with E-state index >= 15 is 0 Å². The van der Waals surface area contributed by atoms with Crippen molar-refractivity contribution in [3.8, 4) is 11.5 Å². The summed E-state index contributed by atoms with van der Waals surface area (Å²) in [5.74, 6) is 0.845. The van der Waals surface area contributed by atoms with Crippen LogP contribution in [0.1, 0.15) is 5.56 Å². The molecule has 2 aromatic heterocycles. The van der Waals surface area contributed by atoms with E-state index in [9.17, 15) is 0 Å². The maximum absolute atomic E-state index is 4.93. The Morgan fingerprint density at radius 2 is 1.69 bits per heavy atom. The van der Waals surface area contributed by atoms with Crippen molar-refractivity contribution in [3.63, 3.8) is 0 Å². The molecular weight excluding hydrogens is 424 g/mol. The molecule has 0 atom stereocenters. The number of hydrogen-bond donors (Lipinski definition) is 0. The van der Waals surface area contributed by atoms with Gasteiger partial charge in [-0.25, -0.2) is 9.97 Å². The van der Waals surface area contributed by atoms with Crippen LogP contribution in [0.3, 0.4) is 0 Å². The number of hydrogen-bond acceptors (Lipinski definition) is 3. The van der Waals surface area contributed by atoms with Crippen molar-refractivity contribution < 1.29 is 0 Å². The van der Waals surface area contributed by atoms with E-state index in [2.05, 4.69) is 38.7 Å². The standard InChI is InChI=1S/C24H17BrN4/c1-29-22-12-5-4-10-19(22)28-24(29)21-14-13-16-8-6-11-20(23(16)27-21)26-15-17-7-2-3-9-18(17)25/h2-15H,1H3. The number of para-hydroxylation sites is 3. The first-order valence-corrected chi connectivity index (χ1v) is 10.1. The Labute approximate surface area is 176 Å². The maximum atomic E-state index is 4.93. The molecular formula is C24H17BrN4. The van der Waals surface area contributed by atoms with Gasteiger partial charge in [0.15, 0.2) is 5.82 Å². The number of aryl methyl sites for hydroxylation is 1. The van der Waals surface area contributed by atoms with Gasteiger partial charge in [0.2, 0.25) is 0 Å². The summed E-state index contributed by atoms with van der Waals surface area (Å²) in [6, 6.07) is 26.3. The van der Waals surface area contributed by atoms with Crippen LogP contribution >= 0.6 is 15.9 Å². The molecule has 4 nitrogen and oxygen atoms in total. The van der Waals surface area contributed by atoms with Crippen LogP contribution in [0.4, 0.5) is 5.69 Å². The smallest absolute Gasteiger partial charge is 0.159 e. The van der Waals surface area contributed by atoms with Gasteiger partial charge in [-0.05, 0) is 30.3 Å². The molecule has 0 aliphatic rings. The van der Waals surface area contributed by atoms with E-state index in [1.807, 2.05) is 73.9 Å². The van der Waals surface area contributed by atoms with Gasteiger partial charge in [0.25, 0.3) is 0 Å². The van der Waals surface area contributed by atoms with Crippen molar-refractivity contribution in [2.45, 2.75) is 0 Å². The minimum atomic E-state index is 0.832. The van der Waals surface area contributed by atoms with Gasteiger partial charge >= 0.3 is 0 Å². The summed E-state index contributed by atoms with van der Waals surface area (Å²) in [5, 5.41) is 1.05. The number of imidazole rings is 1. The van der Waals surface area contributed by atoms with Gasteiger partial charge in [-0.3, -0.25) is 4.99 Å². The van der Waals surface area contributed by atoms with Crippen LogP contribution in [0.5, 0.6) is 0 Å². The van der Waals surface area contributed by atoms with Crippen molar-refractivity contribution in [3.05, 3.63) is 88.9 Å². The fraction of sp³-hybridized carbons (Fsp3) is 0.0417. The monoisotopic (exact) mass is 440 g/mol. The third-order valence-corrected chi connectivity index (χ3v) is 5.69. The predicted molar refractivity (Wildman–Crippen MR) is 123 cm³/mol.